The quantitative estimate of drug-likeness (QED) is 0.831. The maximum Gasteiger partial charge on any atom is 0.266 e. The summed E-state index contributed by atoms with van der Waals surface area (Å²) >= 11 is 0. The minimum Gasteiger partial charge on any atom is -0.373 e. The number of amides is 1. The zero-order valence-electron chi connectivity index (χ0n) is 14.2. The van der Waals surface area contributed by atoms with E-state index in [1.54, 1.807) is 12.1 Å². The van der Waals surface area contributed by atoms with E-state index in [0.29, 0.717) is 11.3 Å². The Morgan fingerprint density at radius 1 is 1.27 bits per heavy atom. The molecule has 0 bridgehead atoms. The lowest BCUT2D eigenvalue weighted by atomic mass is 9.92. The van der Waals surface area contributed by atoms with E-state index >= 15 is 0 Å². The van der Waals surface area contributed by atoms with E-state index < -0.39 is 28.9 Å². The number of aliphatic hydroxyl groups is 1. The molecule has 1 saturated heterocycles. The molecule has 7 heteroatoms. The predicted octanol–water partition coefficient (Wildman–Crippen LogP) is 2.34. The number of nitrogens with zero attached hydrogens (tertiary/aromatic N) is 2. The number of benzene rings is 1. The van der Waals surface area contributed by atoms with Gasteiger partial charge in [-0.1, -0.05) is 0 Å². The molecule has 0 unspecified atom stereocenters. The predicted molar refractivity (Wildman–Crippen MR) is 90.6 cm³/mol. The van der Waals surface area contributed by atoms with Crippen LogP contribution in [0, 0.1) is 18.6 Å². The van der Waals surface area contributed by atoms with Crippen LogP contribution in [-0.4, -0.2) is 33.9 Å². The molecular formula is C19H18F2N2O3. The van der Waals surface area contributed by atoms with Crippen LogP contribution in [0.4, 0.5) is 14.5 Å². The molecule has 0 radical (unpaired) electrons. The Kier molecular flexibility index (Phi) is 4.82. The Bertz CT molecular complexity index is 834. The molecule has 1 fully saturated rings. The minimum atomic E-state index is -2.11. The maximum atomic E-state index is 13.2. The third kappa shape index (κ3) is 3.48. The molecule has 2 heterocycles. The summed E-state index contributed by atoms with van der Waals surface area (Å²) in [4.78, 5) is 30.5. The van der Waals surface area contributed by atoms with Crippen molar-refractivity contribution in [3.63, 3.8) is 0 Å². The summed E-state index contributed by atoms with van der Waals surface area (Å²) in [5, 5.41) is 10.6. The Morgan fingerprint density at radius 3 is 2.58 bits per heavy atom. The fraction of sp³-hybridized carbons (Fsp3) is 0.316. The average molecular weight is 360 g/mol. The van der Waals surface area contributed by atoms with E-state index in [9.17, 15) is 23.5 Å². The van der Waals surface area contributed by atoms with E-state index in [2.05, 4.69) is 4.98 Å². The van der Waals surface area contributed by atoms with Crippen LogP contribution in [0.15, 0.2) is 36.5 Å². The molecule has 2 aromatic rings. The summed E-state index contributed by atoms with van der Waals surface area (Å²) < 4.78 is 26.4. The van der Waals surface area contributed by atoms with Crippen LogP contribution >= 0.6 is 0 Å². The van der Waals surface area contributed by atoms with E-state index in [1.165, 1.54) is 11.1 Å². The Labute approximate surface area is 149 Å². The van der Waals surface area contributed by atoms with Gasteiger partial charge in [0.15, 0.2) is 5.78 Å². The molecule has 0 saturated carbocycles. The lowest BCUT2D eigenvalue weighted by molar-refractivity contribution is -0.147. The van der Waals surface area contributed by atoms with Gasteiger partial charge in [-0.3, -0.25) is 14.6 Å². The number of carbonyl (C=O) groups excluding carboxylic acids is 2. The number of pyridine rings is 1. The zero-order chi connectivity index (χ0) is 18.9. The third-order valence-electron chi connectivity index (χ3n) is 4.53. The second-order valence-electron chi connectivity index (χ2n) is 6.43. The van der Waals surface area contributed by atoms with Crippen molar-refractivity contribution in [2.75, 3.05) is 11.4 Å². The average Bonchev–Trinajstić information content (AvgIpc) is 2.89. The number of aryl methyl sites for hydroxylation is 2. The molecule has 0 spiro atoms. The first-order valence-electron chi connectivity index (χ1n) is 8.25. The first-order valence-corrected chi connectivity index (χ1v) is 8.25. The molecule has 1 atom stereocenters. The number of rotatable bonds is 5. The van der Waals surface area contributed by atoms with E-state index in [4.69, 9.17) is 0 Å². The highest BCUT2D eigenvalue weighted by atomic mass is 19.1. The van der Waals surface area contributed by atoms with Crippen LogP contribution in [0.3, 0.4) is 0 Å². The number of Topliss-reactive ketones (excluding diaryl/α,β-unsaturated/α-hetero) is 1. The Balaban J connectivity index is 1.70. The molecular weight excluding hydrogens is 342 g/mol. The molecule has 1 amide bonds. The van der Waals surface area contributed by atoms with E-state index in [1.807, 2.05) is 6.92 Å². The molecule has 26 heavy (non-hydrogen) atoms. The molecule has 1 N–H and O–H groups in total. The summed E-state index contributed by atoms with van der Waals surface area (Å²) in [7, 11) is 0. The van der Waals surface area contributed by atoms with Crippen LogP contribution in [0.5, 0.6) is 0 Å². The van der Waals surface area contributed by atoms with Crippen molar-refractivity contribution in [2.45, 2.75) is 31.8 Å². The highest BCUT2D eigenvalue weighted by Crippen LogP contribution is 2.30. The van der Waals surface area contributed by atoms with Gasteiger partial charge in [-0.15, -0.1) is 0 Å². The fourth-order valence-corrected chi connectivity index (χ4v) is 3.05. The standard InChI is InChI=1S/C19H18F2N2O3/c1-12-2-4-16(11-22-12)23-7-6-19(26,18(23)25)17(24)5-3-13-8-14(20)10-15(21)9-13/h2,4,8-11,26H,3,5-7H2,1H3/t19-/m1/s1. The number of aromatic nitrogens is 1. The molecule has 1 aliphatic heterocycles. The topological polar surface area (TPSA) is 70.5 Å². The maximum absolute atomic E-state index is 13.2. The molecule has 3 rings (SSSR count). The molecule has 0 aliphatic carbocycles. The van der Waals surface area contributed by atoms with Crippen LogP contribution in [-0.2, 0) is 16.0 Å². The lowest BCUT2D eigenvalue weighted by Crippen LogP contribution is -2.47. The SMILES string of the molecule is Cc1ccc(N2CC[C@@](O)(C(=O)CCc3cc(F)cc(F)c3)C2=O)cn1. The number of ketones is 1. The van der Waals surface area contributed by atoms with Crippen molar-refractivity contribution in [2.24, 2.45) is 0 Å². The molecule has 1 aliphatic rings. The summed E-state index contributed by atoms with van der Waals surface area (Å²) in [6.45, 7) is 2.01. The van der Waals surface area contributed by atoms with Gasteiger partial charge in [0.1, 0.15) is 11.6 Å². The highest BCUT2D eigenvalue weighted by molar-refractivity contribution is 6.17. The van der Waals surface area contributed by atoms with Gasteiger partial charge in [-0.25, -0.2) is 8.78 Å². The van der Waals surface area contributed by atoms with Gasteiger partial charge in [-0.05, 0) is 43.2 Å². The molecule has 5 nitrogen and oxygen atoms in total. The monoisotopic (exact) mass is 360 g/mol. The zero-order valence-corrected chi connectivity index (χ0v) is 14.2. The molecule has 1 aromatic heterocycles. The molecule has 1 aromatic carbocycles. The van der Waals surface area contributed by atoms with Crippen molar-refractivity contribution >= 4 is 17.4 Å². The third-order valence-corrected chi connectivity index (χ3v) is 4.53. The van der Waals surface area contributed by atoms with Crippen LogP contribution in [0.2, 0.25) is 0 Å². The van der Waals surface area contributed by atoms with Crippen molar-refractivity contribution in [1.82, 2.24) is 4.98 Å². The number of halogens is 2. The summed E-state index contributed by atoms with van der Waals surface area (Å²) in [5.41, 5.74) is -0.522. The van der Waals surface area contributed by atoms with E-state index in [0.717, 1.165) is 23.9 Å². The van der Waals surface area contributed by atoms with Crippen molar-refractivity contribution < 1.29 is 23.5 Å². The van der Waals surface area contributed by atoms with Crippen LogP contribution in [0.1, 0.15) is 24.1 Å². The number of carbonyl (C=O) groups is 2. The fourth-order valence-electron chi connectivity index (χ4n) is 3.05. The van der Waals surface area contributed by atoms with Gasteiger partial charge in [0.2, 0.25) is 5.60 Å². The van der Waals surface area contributed by atoms with Crippen molar-refractivity contribution in [3.8, 4) is 0 Å². The summed E-state index contributed by atoms with van der Waals surface area (Å²) in [6, 6.07) is 6.43. The minimum absolute atomic E-state index is 0.0317. The summed E-state index contributed by atoms with van der Waals surface area (Å²) in [6.07, 6.45) is 1.33. The number of hydrogen-bond donors (Lipinski definition) is 1. The number of anilines is 1. The van der Waals surface area contributed by atoms with Crippen molar-refractivity contribution in [3.05, 3.63) is 59.4 Å². The first kappa shape index (κ1) is 18.1. The van der Waals surface area contributed by atoms with Gasteiger partial charge < -0.3 is 10.0 Å². The second kappa shape index (κ2) is 6.92. The normalized spacial score (nSPS) is 19.8. The highest BCUT2D eigenvalue weighted by Gasteiger charge is 2.50. The first-order chi connectivity index (χ1) is 12.3. The van der Waals surface area contributed by atoms with Crippen molar-refractivity contribution in [1.29, 1.82) is 0 Å². The van der Waals surface area contributed by atoms with E-state index in [-0.39, 0.29) is 25.8 Å². The Hall–Kier alpha value is -2.67. The van der Waals surface area contributed by atoms with Gasteiger partial charge in [-0.2, -0.15) is 0 Å². The Morgan fingerprint density at radius 2 is 1.96 bits per heavy atom. The smallest absolute Gasteiger partial charge is 0.266 e. The number of hydrogen-bond acceptors (Lipinski definition) is 4. The molecule has 136 valence electrons. The van der Waals surface area contributed by atoms with Gasteiger partial charge in [0.25, 0.3) is 5.91 Å². The summed E-state index contributed by atoms with van der Waals surface area (Å²) in [5.74, 6) is -2.82. The largest absolute Gasteiger partial charge is 0.373 e. The van der Waals surface area contributed by atoms with Gasteiger partial charge in [0.05, 0.1) is 11.9 Å². The van der Waals surface area contributed by atoms with Crippen LogP contribution in [0.25, 0.3) is 0 Å². The van der Waals surface area contributed by atoms with Gasteiger partial charge in [0, 0.05) is 31.1 Å². The lowest BCUT2D eigenvalue weighted by Gasteiger charge is -2.21. The van der Waals surface area contributed by atoms with Crippen LogP contribution < -0.4 is 4.90 Å². The second-order valence-corrected chi connectivity index (χ2v) is 6.43. The van der Waals surface area contributed by atoms with Gasteiger partial charge >= 0.3 is 0 Å².